The van der Waals surface area contributed by atoms with Crippen LogP contribution in [0.3, 0.4) is 0 Å². The van der Waals surface area contributed by atoms with E-state index >= 15 is 0 Å². The van der Waals surface area contributed by atoms with Crippen molar-refractivity contribution in [2.75, 3.05) is 0 Å². The number of para-hydroxylation sites is 1. The van der Waals surface area contributed by atoms with E-state index in [0.717, 1.165) is 27.6 Å². The average Bonchev–Trinajstić information content (AvgIpc) is 3.61. The van der Waals surface area contributed by atoms with E-state index in [0.29, 0.717) is 0 Å². The Bertz CT molecular complexity index is 2600. The lowest BCUT2D eigenvalue weighted by atomic mass is 9.82. The molecule has 3 heteroatoms. The highest BCUT2D eigenvalue weighted by Crippen LogP contribution is 2.50. The van der Waals surface area contributed by atoms with E-state index in [1.54, 1.807) is 0 Å². The van der Waals surface area contributed by atoms with Gasteiger partial charge in [0.1, 0.15) is 5.52 Å². The molecule has 3 heterocycles. The van der Waals surface area contributed by atoms with Gasteiger partial charge in [-0.25, -0.2) is 9.97 Å². The van der Waals surface area contributed by atoms with Crippen molar-refractivity contribution >= 4 is 60.2 Å². The van der Waals surface area contributed by atoms with Crippen LogP contribution in [0.15, 0.2) is 115 Å². The summed E-state index contributed by atoms with van der Waals surface area (Å²) in [7, 11) is 0. The van der Waals surface area contributed by atoms with Crippen LogP contribution in [0.1, 0.15) is 25.0 Å². The second-order valence-corrected chi connectivity index (χ2v) is 12.3. The Hall–Kier alpha value is -5.28. The van der Waals surface area contributed by atoms with Gasteiger partial charge >= 0.3 is 0 Å². The molecule has 3 aromatic heterocycles. The molecule has 0 unspecified atom stereocenters. The van der Waals surface area contributed by atoms with E-state index in [-0.39, 0.29) is 5.41 Å². The van der Waals surface area contributed by atoms with Crippen molar-refractivity contribution in [3.63, 3.8) is 0 Å². The van der Waals surface area contributed by atoms with Crippen molar-refractivity contribution in [2.45, 2.75) is 19.3 Å². The summed E-state index contributed by atoms with van der Waals surface area (Å²) in [5.41, 5.74) is 14.0. The lowest BCUT2D eigenvalue weighted by Gasteiger charge is -2.21. The topological polar surface area (TPSA) is 30.2 Å². The maximum Gasteiger partial charge on any atom is 0.165 e. The molecule has 10 rings (SSSR count). The normalized spacial score (nSPS) is 14.1. The van der Waals surface area contributed by atoms with Crippen molar-refractivity contribution < 1.29 is 0 Å². The van der Waals surface area contributed by atoms with E-state index in [2.05, 4.69) is 134 Å². The van der Waals surface area contributed by atoms with Crippen molar-refractivity contribution in [2.24, 2.45) is 0 Å². The van der Waals surface area contributed by atoms with Gasteiger partial charge in [0.15, 0.2) is 5.65 Å². The summed E-state index contributed by atoms with van der Waals surface area (Å²) in [6.07, 6.45) is 0. The first-order valence-corrected chi connectivity index (χ1v) is 14.6. The van der Waals surface area contributed by atoms with E-state index in [9.17, 15) is 0 Å². The first-order chi connectivity index (χ1) is 20.6. The van der Waals surface area contributed by atoms with Gasteiger partial charge in [0.25, 0.3) is 0 Å². The van der Waals surface area contributed by atoms with Gasteiger partial charge in [-0.05, 0) is 80.6 Å². The third-order valence-corrected chi connectivity index (χ3v) is 9.67. The molecule has 42 heavy (non-hydrogen) atoms. The predicted octanol–water partition coefficient (Wildman–Crippen LogP) is 9.91. The number of fused-ring (bicyclic) bond motifs is 11. The second-order valence-electron chi connectivity index (χ2n) is 12.3. The van der Waals surface area contributed by atoms with Crippen LogP contribution < -0.4 is 0 Å². The van der Waals surface area contributed by atoms with E-state index in [4.69, 9.17) is 9.97 Å². The Morgan fingerprint density at radius 2 is 1.24 bits per heavy atom. The third kappa shape index (κ3) is 2.71. The van der Waals surface area contributed by atoms with Crippen molar-refractivity contribution in [3.05, 3.63) is 126 Å². The summed E-state index contributed by atoms with van der Waals surface area (Å²) in [6.45, 7) is 4.67. The van der Waals surface area contributed by atoms with Gasteiger partial charge in [-0.3, -0.25) is 4.40 Å². The minimum atomic E-state index is -0.00430. The van der Waals surface area contributed by atoms with E-state index in [1.807, 2.05) is 0 Å². The molecule has 0 radical (unpaired) electrons. The van der Waals surface area contributed by atoms with Gasteiger partial charge in [-0.1, -0.05) is 92.7 Å². The Labute approximate surface area is 242 Å². The molecule has 0 atom stereocenters. The SMILES string of the molecule is CC1(C)c2ccccc2-c2cc(-c3cc4c5ccccc5n5c6nc7cc8ccccc8cc7nc6c(c3)c45)ccc21. The van der Waals surface area contributed by atoms with Crippen LogP contribution in [-0.4, -0.2) is 14.4 Å². The Morgan fingerprint density at radius 1 is 0.548 bits per heavy atom. The van der Waals surface area contributed by atoms with Crippen molar-refractivity contribution in [1.29, 1.82) is 0 Å². The Kier molecular flexibility index (Phi) is 4.01. The highest BCUT2D eigenvalue weighted by atomic mass is 15.0. The lowest BCUT2D eigenvalue weighted by Crippen LogP contribution is -2.14. The summed E-state index contributed by atoms with van der Waals surface area (Å²) < 4.78 is 2.32. The smallest absolute Gasteiger partial charge is 0.165 e. The number of hydrogen-bond donors (Lipinski definition) is 0. The lowest BCUT2D eigenvalue weighted by molar-refractivity contribution is 0.660. The molecule has 0 spiro atoms. The zero-order valence-electron chi connectivity index (χ0n) is 23.3. The van der Waals surface area contributed by atoms with Crippen LogP contribution in [0, 0.1) is 0 Å². The zero-order chi connectivity index (χ0) is 27.7. The molecule has 6 aromatic carbocycles. The first-order valence-electron chi connectivity index (χ1n) is 14.6. The first kappa shape index (κ1) is 22.4. The number of hydrogen-bond acceptors (Lipinski definition) is 2. The summed E-state index contributed by atoms with van der Waals surface area (Å²) in [5.74, 6) is 0. The zero-order valence-corrected chi connectivity index (χ0v) is 23.3. The molecule has 0 saturated heterocycles. The quantitative estimate of drug-likeness (QED) is 0.196. The minimum Gasteiger partial charge on any atom is -0.291 e. The van der Waals surface area contributed by atoms with Gasteiger partial charge in [0.2, 0.25) is 0 Å². The summed E-state index contributed by atoms with van der Waals surface area (Å²) >= 11 is 0. The van der Waals surface area contributed by atoms with Gasteiger partial charge < -0.3 is 0 Å². The van der Waals surface area contributed by atoms with Crippen LogP contribution in [0.4, 0.5) is 0 Å². The molecule has 9 aromatic rings. The number of nitrogens with zero attached hydrogens (tertiary/aromatic N) is 3. The summed E-state index contributed by atoms with van der Waals surface area (Å²) in [5, 5.41) is 6.00. The Morgan fingerprint density at radius 3 is 2.10 bits per heavy atom. The second kappa shape index (κ2) is 7.51. The fraction of sp³-hybridized carbons (Fsp3) is 0.0769. The number of benzene rings is 6. The minimum absolute atomic E-state index is 0.00430. The third-order valence-electron chi connectivity index (χ3n) is 9.67. The van der Waals surface area contributed by atoms with Gasteiger partial charge in [-0.2, -0.15) is 0 Å². The highest BCUT2D eigenvalue weighted by Gasteiger charge is 2.35. The fourth-order valence-electron chi connectivity index (χ4n) is 7.63. The van der Waals surface area contributed by atoms with Crippen molar-refractivity contribution in [3.8, 4) is 22.3 Å². The van der Waals surface area contributed by atoms with E-state index < -0.39 is 0 Å². The average molecular weight is 536 g/mol. The molecular weight excluding hydrogens is 510 g/mol. The van der Waals surface area contributed by atoms with Gasteiger partial charge in [-0.15, -0.1) is 0 Å². The number of aromatic nitrogens is 3. The van der Waals surface area contributed by atoms with Gasteiger partial charge in [0.05, 0.1) is 22.1 Å². The van der Waals surface area contributed by atoms with Gasteiger partial charge in [0, 0.05) is 21.6 Å². The van der Waals surface area contributed by atoms with Crippen LogP contribution >= 0.6 is 0 Å². The molecule has 1 aliphatic carbocycles. The number of rotatable bonds is 1. The largest absolute Gasteiger partial charge is 0.291 e. The molecular formula is C39H25N3. The predicted molar refractivity (Wildman–Crippen MR) is 175 cm³/mol. The molecule has 0 saturated carbocycles. The van der Waals surface area contributed by atoms with E-state index in [1.165, 1.54) is 66.0 Å². The van der Waals surface area contributed by atoms with Crippen LogP contribution in [0.5, 0.6) is 0 Å². The Balaban J connectivity index is 1.31. The van der Waals surface area contributed by atoms with Crippen LogP contribution in [0.2, 0.25) is 0 Å². The maximum absolute atomic E-state index is 5.28. The maximum atomic E-state index is 5.28. The molecule has 0 N–H and O–H groups in total. The molecule has 1 aliphatic rings. The molecule has 0 bridgehead atoms. The fourth-order valence-corrected chi connectivity index (χ4v) is 7.63. The molecule has 0 amide bonds. The summed E-state index contributed by atoms with van der Waals surface area (Å²) in [4.78, 5) is 10.5. The highest BCUT2D eigenvalue weighted by molar-refractivity contribution is 6.23. The monoisotopic (exact) mass is 535 g/mol. The summed E-state index contributed by atoms with van der Waals surface area (Å²) in [6, 6.07) is 42.0. The molecule has 0 fully saturated rings. The molecule has 196 valence electrons. The molecule has 0 aliphatic heterocycles. The standard InChI is InChI=1S/C39H25N3/c1-39(2)31-13-7-5-11-26(31)28-17-24(15-16-32(28)39)25-18-29-27-12-6-8-14-35(27)42-37(29)30(19-25)36-38(42)41-34-21-23-10-4-3-9-22(23)20-33(34)40-36/h3-21H,1-2H3. The van der Waals surface area contributed by atoms with Crippen molar-refractivity contribution in [1.82, 2.24) is 14.4 Å². The molecule has 3 nitrogen and oxygen atoms in total. The van der Waals surface area contributed by atoms with Crippen LogP contribution in [-0.2, 0) is 5.41 Å². The van der Waals surface area contributed by atoms with Crippen LogP contribution in [0.25, 0.3) is 82.4 Å².